The first-order chi connectivity index (χ1) is 19.3. The van der Waals surface area contributed by atoms with Crippen LogP contribution < -0.4 is 11.1 Å². The summed E-state index contributed by atoms with van der Waals surface area (Å²) in [6.45, 7) is 13.4. The highest BCUT2D eigenvalue weighted by atomic mass is 16.2. The molecule has 3 N–H and O–H groups in total. The van der Waals surface area contributed by atoms with Crippen LogP contribution in [0.4, 0.5) is 5.69 Å². The van der Waals surface area contributed by atoms with Gasteiger partial charge in [-0.25, -0.2) is 0 Å². The summed E-state index contributed by atoms with van der Waals surface area (Å²) in [5, 5.41) is 3.60. The molecule has 3 aliphatic rings. The van der Waals surface area contributed by atoms with Crippen molar-refractivity contribution < 1.29 is 4.79 Å². The van der Waals surface area contributed by atoms with Crippen molar-refractivity contribution in [1.82, 2.24) is 9.80 Å². The zero-order chi connectivity index (χ0) is 28.3. The third-order valence-electron chi connectivity index (χ3n) is 10.2. The highest BCUT2D eigenvalue weighted by Gasteiger charge is 2.34. The molecule has 2 aromatic rings. The second-order valence-electron chi connectivity index (χ2n) is 13.2. The van der Waals surface area contributed by atoms with Crippen molar-refractivity contribution in [2.45, 2.75) is 111 Å². The Labute approximate surface area is 242 Å². The SMILES string of the molecule is CCN(C(=O)C(N)Cc1c(C)cc(C)cc1C)C1CCNc2ccc(CN3CCCC4(CCCCC4)CC3)cc21. The van der Waals surface area contributed by atoms with Crippen LogP contribution in [0.3, 0.4) is 0 Å². The molecule has 1 spiro atoms. The Morgan fingerprint density at radius 2 is 1.75 bits per heavy atom. The minimum absolute atomic E-state index is 0.0644. The van der Waals surface area contributed by atoms with Crippen molar-refractivity contribution in [3.8, 4) is 0 Å². The van der Waals surface area contributed by atoms with E-state index in [1.807, 2.05) is 4.90 Å². The fourth-order valence-corrected chi connectivity index (χ4v) is 8.08. The summed E-state index contributed by atoms with van der Waals surface area (Å²) in [7, 11) is 0. The molecular weight excluding hydrogens is 492 g/mol. The summed E-state index contributed by atoms with van der Waals surface area (Å²) >= 11 is 0. The van der Waals surface area contributed by atoms with Crippen LogP contribution in [-0.4, -0.2) is 47.9 Å². The molecule has 218 valence electrons. The Balaban J connectivity index is 1.29. The lowest BCUT2D eigenvalue weighted by Gasteiger charge is -2.37. The maximum absolute atomic E-state index is 13.8. The number of likely N-dealkylation sites (N-methyl/N-ethyl adjacent to an activating group) is 1. The van der Waals surface area contributed by atoms with E-state index in [4.69, 9.17) is 5.73 Å². The number of hydrogen-bond donors (Lipinski definition) is 2. The normalized spacial score (nSPS) is 21.8. The number of anilines is 1. The molecule has 1 amide bonds. The van der Waals surface area contributed by atoms with Crippen LogP contribution in [-0.2, 0) is 17.8 Å². The number of rotatable bonds is 7. The smallest absolute Gasteiger partial charge is 0.240 e. The molecule has 2 atom stereocenters. The van der Waals surface area contributed by atoms with Gasteiger partial charge in [0.1, 0.15) is 0 Å². The van der Waals surface area contributed by atoms with Gasteiger partial charge >= 0.3 is 0 Å². The average Bonchev–Trinajstić information content (AvgIpc) is 3.13. The number of carbonyl (C=O) groups is 1. The van der Waals surface area contributed by atoms with Crippen LogP contribution in [0.25, 0.3) is 0 Å². The zero-order valence-electron chi connectivity index (χ0n) is 25.5. The van der Waals surface area contributed by atoms with Crippen molar-refractivity contribution in [3.05, 3.63) is 63.7 Å². The first kappa shape index (κ1) is 29.1. The number of nitrogens with zero attached hydrogens (tertiary/aromatic N) is 2. The van der Waals surface area contributed by atoms with Gasteiger partial charge < -0.3 is 16.0 Å². The molecule has 2 fully saturated rings. The molecule has 5 heteroatoms. The van der Waals surface area contributed by atoms with Crippen LogP contribution in [0.5, 0.6) is 0 Å². The number of fused-ring (bicyclic) bond motifs is 1. The van der Waals surface area contributed by atoms with Gasteiger partial charge in [-0.05, 0) is 125 Å². The van der Waals surface area contributed by atoms with Crippen LogP contribution in [0.2, 0.25) is 0 Å². The van der Waals surface area contributed by atoms with Gasteiger partial charge in [-0.15, -0.1) is 0 Å². The molecule has 1 aliphatic carbocycles. The molecule has 5 rings (SSSR count). The molecule has 2 aromatic carbocycles. The van der Waals surface area contributed by atoms with Gasteiger partial charge in [0.25, 0.3) is 0 Å². The van der Waals surface area contributed by atoms with E-state index in [0.717, 1.165) is 19.5 Å². The van der Waals surface area contributed by atoms with E-state index in [1.54, 1.807) is 0 Å². The Morgan fingerprint density at radius 3 is 2.48 bits per heavy atom. The van der Waals surface area contributed by atoms with Gasteiger partial charge in [-0.1, -0.05) is 49.1 Å². The first-order valence-electron chi connectivity index (χ1n) is 16.0. The lowest BCUT2D eigenvalue weighted by Crippen LogP contribution is -2.47. The fourth-order valence-electron chi connectivity index (χ4n) is 8.08. The lowest BCUT2D eigenvalue weighted by atomic mass is 9.69. The van der Waals surface area contributed by atoms with Gasteiger partial charge in [0, 0.05) is 25.3 Å². The molecular formula is C35H52N4O. The monoisotopic (exact) mass is 544 g/mol. The van der Waals surface area contributed by atoms with Gasteiger partial charge in [0.15, 0.2) is 0 Å². The fraction of sp³-hybridized carbons (Fsp3) is 0.629. The molecule has 0 bridgehead atoms. The Bertz CT molecular complexity index is 1160. The highest BCUT2D eigenvalue weighted by molar-refractivity contribution is 5.83. The third kappa shape index (κ3) is 6.41. The van der Waals surface area contributed by atoms with Crippen LogP contribution >= 0.6 is 0 Å². The average molecular weight is 545 g/mol. The summed E-state index contributed by atoms with van der Waals surface area (Å²) in [6.07, 6.45) is 12.8. The van der Waals surface area contributed by atoms with Crippen molar-refractivity contribution in [2.75, 3.05) is 31.5 Å². The summed E-state index contributed by atoms with van der Waals surface area (Å²) in [6, 6.07) is 10.8. The number of nitrogens with two attached hydrogens (primary N) is 1. The molecule has 5 nitrogen and oxygen atoms in total. The predicted octanol–water partition coefficient (Wildman–Crippen LogP) is 6.82. The van der Waals surface area contributed by atoms with Crippen LogP contribution in [0.1, 0.15) is 104 Å². The molecule has 1 saturated carbocycles. The third-order valence-corrected chi connectivity index (χ3v) is 10.2. The van der Waals surface area contributed by atoms with Crippen molar-refractivity contribution in [1.29, 1.82) is 0 Å². The Kier molecular flexibility index (Phi) is 9.21. The first-order valence-corrected chi connectivity index (χ1v) is 16.0. The van der Waals surface area contributed by atoms with Crippen molar-refractivity contribution in [2.24, 2.45) is 11.1 Å². The molecule has 2 aliphatic heterocycles. The predicted molar refractivity (Wildman–Crippen MR) is 167 cm³/mol. The molecule has 2 heterocycles. The number of benzene rings is 2. The Hall–Kier alpha value is -2.37. The minimum atomic E-state index is -0.536. The van der Waals surface area contributed by atoms with E-state index < -0.39 is 6.04 Å². The molecule has 2 unspecified atom stereocenters. The number of hydrogen-bond acceptors (Lipinski definition) is 4. The van der Waals surface area contributed by atoms with Crippen molar-refractivity contribution >= 4 is 11.6 Å². The topological polar surface area (TPSA) is 61.6 Å². The maximum atomic E-state index is 13.8. The van der Waals surface area contributed by atoms with E-state index in [0.29, 0.717) is 18.4 Å². The van der Waals surface area contributed by atoms with E-state index >= 15 is 0 Å². The summed E-state index contributed by atoms with van der Waals surface area (Å²) in [4.78, 5) is 18.6. The van der Waals surface area contributed by atoms with E-state index in [2.05, 4.69) is 68.2 Å². The second kappa shape index (κ2) is 12.7. The minimum Gasteiger partial charge on any atom is -0.385 e. The van der Waals surface area contributed by atoms with E-state index in [9.17, 15) is 4.79 Å². The highest BCUT2D eigenvalue weighted by Crippen LogP contribution is 2.44. The number of nitrogens with one attached hydrogen (secondary N) is 1. The van der Waals surface area contributed by atoms with Gasteiger partial charge in [-0.2, -0.15) is 0 Å². The molecule has 0 aromatic heterocycles. The summed E-state index contributed by atoms with van der Waals surface area (Å²) in [5.41, 5.74) is 16.0. The van der Waals surface area contributed by atoms with Crippen LogP contribution in [0, 0.1) is 26.2 Å². The van der Waals surface area contributed by atoms with Gasteiger partial charge in [0.05, 0.1) is 12.1 Å². The standard InChI is InChI=1S/C35H52N4O/c1-5-39(34(40)31(36)23-29-26(3)20-25(2)21-27(29)4)33-12-17-37-32-11-10-28(22-30(32)33)24-38-18-9-15-35(16-19-38)13-7-6-8-14-35/h10-11,20-22,31,33,37H,5-9,12-19,23-24,36H2,1-4H3. The quantitative estimate of drug-likeness (QED) is 0.401. The van der Waals surface area contributed by atoms with Gasteiger partial charge in [0.2, 0.25) is 5.91 Å². The Morgan fingerprint density at radius 1 is 1.02 bits per heavy atom. The molecule has 1 saturated heterocycles. The van der Waals surface area contributed by atoms with E-state index in [-0.39, 0.29) is 11.9 Å². The van der Waals surface area contributed by atoms with Crippen molar-refractivity contribution in [3.63, 3.8) is 0 Å². The molecule has 0 radical (unpaired) electrons. The largest absolute Gasteiger partial charge is 0.385 e. The maximum Gasteiger partial charge on any atom is 0.240 e. The summed E-state index contributed by atoms with van der Waals surface area (Å²) in [5.74, 6) is 0.0652. The second-order valence-corrected chi connectivity index (χ2v) is 13.2. The summed E-state index contributed by atoms with van der Waals surface area (Å²) < 4.78 is 0. The van der Waals surface area contributed by atoms with E-state index in [1.165, 1.54) is 104 Å². The van der Waals surface area contributed by atoms with Crippen LogP contribution in [0.15, 0.2) is 30.3 Å². The number of amides is 1. The lowest BCUT2D eigenvalue weighted by molar-refractivity contribution is -0.135. The zero-order valence-corrected chi connectivity index (χ0v) is 25.5. The number of aryl methyl sites for hydroxylation is 3. The number of carbonyl (C=O) groups excluding carboxylic acids is 1. The number of likely N-dealkylation sites (tertiary alicyclic amines) is 1. The van der Waals surface area contributed by atoms with Gasteiger partial charge in [-0.3, -0.25) is 9.69 Å². The molecule has 40 heavy (non-hydrogen) atoms.